The summed E-state index contributed by atoms with van der Waals surface area (Å²) in [5, 5.41) is 13.8. The van der Waals surface area contributed by atoms with E-state index in [1.165, 1.54) is 4.68 Å². The van der Waals surface area contributed by atoms with Crippen molar-refractivity contribution >= 4 is 12.0 Å². The molecule has 6 nitrogen and oxygen atoms in total. The first kappa shape index (κ1) is 20.2. The maximum atomic E-state index is 12.8. The van der Waals surface area contributed by atoms with E-state index in [0.29, 0.717) is 12.3 Å². The van der Waals surface area contributed by atoms with Crippen LogP contribution in [0.3, 0.4) is 0 Å². The van der Waals surface area contributed by atoms with Crippen LogP contribution in [0.4, 0.5) is 0 Å². The summed E-state index contributed by atoms with van der Waals surface area (Å²) in [6.45, 7) is 10.2. The molecule has 0 aliphatic rings. The molecule has 0 aliphatic heterocycles. The third-order valence-corrected chi connectivity index (χ3v) is 4.73. The van der Waals surface area contributed by atoms with Crippen LogP contribution in [0.5, 0.6) is 5.75 Å². The van der Waals surface area contributed by atoms with Gasteiger partial charge in [0.15, 0.2) is 0 Å². The van der Waals surface area contributed by atoms with E-state index in [1.54, 1.807) is 13.0 Å². The average molecular weight is 388 g/mol. The molecular formula is C23H24N4O2. The number of nitrogens with zero attached hydrogens (tertiary/aromatic N) is 4. The van der Waals surface area contributed by atoms with Gasteiger partial charge in [0.2, 0.25) is 0 Å². The van der Waals surface area contributed by atoms with Crippen LogP contribution >= 0.6 is 0 Å². The first-order valence-corrected chi connectivity index (χ1v) is 9.47. The number of carbonyl (C=O) groups excluding carboxylic acids is 1. The molecule has 148 valence electrons. The van der Waals surface area contributed by atoms with E-state index >= 15 is 0 Å². The molecule has 6 heteroatoms. The Kier molecular flexibility index (Phi) is 5.69. The van der Waals surface area contributed by atoms with E-state index < -0.39 is 5.91 Å². The van der Waals surface area contributed by atoms with Gasteiger partial charge in [-0.1, -0.05) is 0 Å². The van der Waals surface area contributed by atoms with E-state index in [4.69, 9.17) is 4.74 Å². The van der Waals surface area contributed by atoms with Gasteiger partial charge < -0.3 is 9.30 Å². The topological polar surface area (TPSA) is 72.8 Å². The van der Waals surface area contributed by atoms with Crippen molar-refractivity contribution in [1.82, 2.24) is 14.3 Å². The Morgan fingerprint density at radius 1 is 1.14 bits per heavy atom. The number of nitriles is 1. The van der Waals surface area contributed by atoms with Crippen LogP contribution in [0.15, 0.2) is 42.0 Å². The van der Waals surface area contributed by atoms with Crippen molar-refractivity contribution in [3.8, 4) is 17.5 Å². The second-order valence-corrected chi connectivity index (χ2v) is 6.90. The molecule has 0 spiro atoms. The summed E-state index contributed by atoms with van der Waals surface area (Å²) in [6.07, 6.45) is 1.63. The van der Waals surface area contributed by atoms with Crippen molar-refractivity contribution < 1.29 is 9.53 Å². The summed E-state index contributed by atoms with van der Waals surface area (Å²) in [4.78, 5) is 12.8. The molecule has 1 aromatic carbocycles. The van der Waals surface area contributed by atoms with E-state index in [1.807, 2.05) is 70.2 Å². The highest BCUT2D eigenvalue weighted by atomic mass is 16.5. The van der Waals surface area contributed by atoms with E-state index in [-0.39, 0.29) is 5.57 Å². The van der Waals surface area contributed by atoms with E-state index in [0.717, 1.165) is 34.1 Å². The molecule has 0 amide bonds. The molecule has 0 saturated heterocycles. The number of aryl methyl sites for hydroxylation is 3. The highest BCUT2D eigenvalue weighted by Gasteiger charge is 2.17. The number of carbonyl (C=O) groups is 1. The molecule has 0 atom stereocenters. The maximum absolute atomic E-state index is 12.8. The molecule has 29 heavy (non-hydrogen) atoms. The summed E-state index contributed by atoms with van der Waals surface area (Å²) in [6, 6.07) is 13.7. The zero-order valence-corrected chi connectivity index (χ0v) is 17.4. The highest BCUT2D eigenvalue weighted by Crippen LogP contribution is 2.24. The molecule has 0 N–H and O–H groups in total. The molecule has 0 bridgehead atoms. The lowest BCUT2D eigenvalue weighted by atomic mass is 10.1. The van der Waals surface area contributed by atoms with Crippen molar-refractivity contribution in [3.05, 3.63) is 70.3 Å². The predicted molar refractivity (Wildman–Crippen MR) is 112 cm³/mol. The lowest BCUT2D eigenvalue weighted by molar-refractivity contribution is 0.0943. The summed E-state index contributed by atoms with van der Waals surface area (Å²) in [7, 11) is 0. The van der Waals surface area contributed by atoms with E-state index in [2.05, 4.69) is 9.67 Å². The highest BCUT2D eigenvalue weighted by molar-refractivity contribution is 6.03. The molecule has 3 rings (SSSR count). The van der Waals surface area contributed by atoms with Crippen LogP contribution in [0.2, 0.25) is 0 Å². The van der Waals surface area contributed by atoms with Gasteiger partial charge in [0.1, 0.15) is 17.4 Å². The fraction of sp³-hybridized carbons (Fsp3) is 0.261. The Labute approximate surface area is 170 Å². The fourth-order valence-electron chi connectivity index (χ4n) is 3.44. The van der Waals surface area contributed by atoms with Gasteiger partial charge in [-0.15, -0.1) is 0 Å². The molecular weight excluding hydrogens is 364 g/mol. The Balaban J connectivity index is 1.99. The molecule has 0 unspecified atom stereocenters. The van der Waals surface area contributed by atoms with Gasteiger partial charge in [-0.25, -0.2) is 4.68 Å². The Bertz CT molecular complexity index is 1130. The van der Waals surface area contributed by atoms with Crippen LogP contribution in [0.25, 0.3) is 11.8 Å². The number of allylic oxidation sites excluding steroid dienone is 1. The first-order chi connectivity index (χ1) is 13.8. The minimum atomic E-state index is -0.427. The van der Waals surface area contributed by atoms with Crippen LogP contribution in [0, 0.1) is 39.0 Å². The number of rotatable bonds is 5. The number of hydrogen-bond donors (Lipinski definition) is 0. The number of hydrogen-bond acceptors (Lipinski definition) is 4. The standard InChI is InChI=1S/C23H24N4O2/c1-6-29-22-9-7-21(8-10-22)26-16(3)12-19(18(26)5)13-20(14-24)23(28)27-17(4)11-15(2)25-27/h7-13H,6H2,1-5H3/b20-13+. The van der Waals surface area contributed by atoms with Crippen molar-refractivity contribution in [2.45, 2.75) is 34.6 Å². The Morgan fingerprint density at radius 3 is 2.38 bits per heavy atom. The van der Waals surface area contributed by atoms with Crippen molar-refractivity contribution in [3.63, 3.8) is 0 Å². The quantitative estimate of drug-likeness (QED) is 0.475. The van der Waals surface area contributed by atoms with Gasteiger partial charge in [0, 0.05) is 22.8 Å². The van der Waals surface area contributed by atoms with Gasteiger partial charge in [0.05, 0.1) is 12.3 Å². The van der Waals surface area contributed by atoms with Crippen molar-refractivity contribution in [1.29, 1.82) is 5.26 Å². The molecule has 0 radical (unpaired) electrons. The smallest absolute Gasteiger partial charge is 0.289 e. The number of ether oxygens (including phenoxy) is 1. The summed E-state index contributed by atoms with van der Waals surface area (Å²) >= 11 is 0. The first-order valence-electron chi connectivity index (χ1n) is 9.47. The van der Waals surface area contributed by atoms with Crippen molar-refractivity contribution in [2.24, 2.45) is 0 Å². The third-order valence-electron chi connectivity index (χ3n) is 4.73. The number of benzene rings is 1. The molecule has 0 saturated carbocycles. The van der Waals surface area contributed by atoms with Crippen LogP contribution in [-0.4, -0.2) is 26.9 Å². The summed E-state index contributed by atoms with van der Waals surface area (Å²) < 4.78 is 8.87. The Hall–Kier alpha value is -3.59. The van der Waals surface area contributed by atoms with Crippen LogP contribution < -0.4 is 4.74 Å². The molecule has 2 aromatic heterocycles. The van der Waals surface area contributed by atoms with Gasteiger partial charge in [-0.2, -0.15) is 10.4 Å². The summed E-state index contributed by atoms with van der Waals surface area (Å²) in [5.41, 5.74) is 5.25. The minimum absolute atomic E-state index is 0.0446. The minimum Gasteiger partial charge on any atom is -0.494 e. The largest absolute Gasteiger partial charge is 0.494 e. The normalized spacial score (nSPS) is 11.4. The monoisotopic (exact) mass is 388 g/mol. The molecule has 0 aliphatic carbocycles. The predicted octanol–water partition coefficient (Wildman–Crippen LogP) is 4.55. The Morgan fingerprint density at radius 2 is 1.83 bits per heavy atom. The van der Waals surface area contributed by atoms with Crippen LogP contribution in [0.1, 0.15) is 40.1 Å². The van der Waals surface area contributed by atoms with Gasteiger partial charge in [-0.05, 0) is 82.7 Å². The molecule has 0 fully saturated rings. The lowest BCUT2D eigenvalue weighted by Gasteiger charge is -2.11. The second kappa shape index (κ2) is 8.19. The molecule has 3 aromatic rings. The van der Waals surface area contributed by atoms with Gasteiger partial charge >= 0.3 is 0 Å². The average Bonchev–Trinajstić information content (AvgIpc) is 3.17. The van der Waals surface area contributed by atoms with Gasteiger partial charge in [-0.3, -0.25) is 4.79 Å². The lowest BCUT2D eigenvalue weighted by Crippen LogP contribution is -2.15. The summed E-state index contributed by atoms with van der Waals surface area (Å²) in [5.74, 6) is 0.394. The van der Waals surface area contributed by atoms with E-state index in [9.17, 15) is 10.1 Å². The fourth-order valence-corrected chi connectivity index (χ4v) is 3.44. The zero-order valence-electron chi connectivity index (χ0n) is 17.4. The van der Waals surface area contributed by atoms with Gasteiger partial charge in [0.25, 0.3) is 5.91 Å². The maximum Gasteiger partial charge on any atom is 0.289 e. The third kappa shape index (κ3) is 3.99. The zero-order chi connectivity index (χ0) is 21.1. The number of aromatic nitrogens is 3. The van der Waals surface area contributed by atoms with Crippen molar-refractivity contribution in [2.75, 3.05) is 6.61 Å². The SMILES string of the molecule is CCOc1ccc(-n2c(C)cc(/C=C(\C#N)C(=O)n3nc(C)cc3C)c2C)cc1. The second-order valence-electron chi connectivity index (χ2n) is 6.90. The van der Waals surface area contributed by atoms with Crippen LogP contribution in [-0.2, 0) is 0 Å². The molecule has 2 heterocycles.